The molecule has 0 bridgehead atoms. The summed E-state index contributed by atoms with van der Waals surface area (Å²) in [5, 5.41) is 0. The lowest BCUT2D eigenvalue weighted by molar-refractivity contribution is -0.182. The van der Waals surface area contributed by atoms with Crippen LogP contribution in [0.3, 0.4) is 0 Å². The molecule has 16 heavy (non-hydrogen) atoms. The molecular formula is C12H23NO3. The molecule has 0 spiro atoms. The summed E-state index contributed by atoms with van der Waals surface area (Å²) in [5.41, 5.74) is 5.66. The van der Waals surface area contributed by atoms with Crippen LogP contribution in [0.1, 0.15) is 27.7 Å². The maximum atomic E-state index is 11.7. The van der Waals surface area contributed by atoms with Crippen LogP contribution in [-0.2, 0) is 14.3 Å². The zero-order valence-electron chi connectivity index (χ0n) is 10.6. The molecule has 5 atom stereocenters. The van der Waals surface area contributed by atoms with Crippen molar-refractivity contribution in [1.82, 2.24) is 0 Å². The first kappa shape index (κ1) is 13.5. The van der Waals surface area contributed by atoms with E-state index in [1.165, 1.54) is 0 Å². The molecule has 4 heteroatoms. The number of rotatable bonds is 3. The number of nitrogens with two attached hydrogens (primary N) is 1. The molecule has 94 valence electrons. The van der Waals surface area contributed by atoms with Crippen LogP contribution in [0, 0.1) is 17.8 Å². The molecular weight excluding hydrogens is 206 g/mol. The fourth-order valence-corrected chi connectivity index (χ4v) is 2.29. The quantitative estimate of drug-likeness (QED) is 0.738. The fourth-order valence-electron chi connectivity index (χ4n) is 2.29. The van der Waals surface area contributed by atoms with Crippen molar-refractivity contribution in [3.05, 3.63) is 0 Å². The Morgan fingerprint density at radius 3 is 2.38 bits per heavy atom. The largest absolute Gasteiger partial charge is 0.464 e. The highest BCUT2D eigenvalue weighted by molar-refractivity contribution is 5.75. The minimum absolute atomic E-state index is 0.0411. The second kappa shape index (κ2) is 5.64. The van der Waals surface area contributed by atoms with Gasteiger partial charge in [-0.25, -0.2) is 4.79 Å². The number of ether oxygens (including phenoxy) is 2. The summed E-state index contributed by atoms with van der Waals surface area (Å²) in [6.07, 6.45) is -0.500. The third-order valence-corrected chi connectivity index (χ3v) is 3.80. The predicted molar refractivity (Wildman–Crippen MR) is 61.8 cm³/mol. The van der Waals surface area contributed by atoms with Gasteiger partial charge in [0.25, 0.3) is 0 Å². The minimum Gasteiger partial charge on any atom is -0.464 e. The van der Waals surface area contributed by atoms with Gasteiger partial charge in [-0.3, -0.25) is 0 Å². The van der Waals surface area contributed by atoms with Crippen LogP contribution in [-0.4, -0.2) is 31.3 Å². The van der Waals surface area contributed by atoms with E-state index in [4.69, 9.17) is 15.2 Å². The lowest BCUT2D eigenvalue weighted by atomic mass is 9.76. The van der Waals surface area contributed by atoms with Crippen LogP contribution >= 0.6 is 0 Å². The van der Waals surface area contributed by atoms with Crippen molar-refractivity contribution in [1.29, 1.82) is 0 Å². The van der Waals surface area contributed by atoms with Crippen molar-refractivity contribution in [3.8, 4) is 0 Å². The smallest absolute Gasteiger partial charge is 0.335 e. The molecule has 0 aromatic heterocycles. The molecule has 1 fully saturated rings. The second-order valence-electron chi connectivity index (χ2n) is 4.66. The molecule has 0 amide bonds. The lowest BCUT2D eigenvalue weighted by Gasteiger charge is -2.42. The van der Waals surface area contributed by atoms with Gasteiger partial charge in [0, 0.05) is 6.54 Å². The monoisotopic (exact) mass is 229 g/mol. The van der Waals surface area contributed by atoms with Gasteiger partial charge < -0.3 is 15.2 Å². The Hall–Kier alpha value is -0.610. The average Bonchev–Trinajstić information content (AvgIpc) is 2.27. The maximum Gasteiger partial charge on any atom is 0.335 e. The van der Waals surface area contributed by atoms with Crippen LogP contribution in [0.4, 0.5) is 0 Å². The van der Waals surface area contributed by atoms with Gasteiger partial charge in [-0.15, -0.1) is 0 Å². The molecule has 0 aromatic carbocycles. The highest BCUT2D eigenvalue weighted by Crippen LogP contribution is 2.34. The first-order chi connectivity index (χ1) is 7.52. The Balaban J connectivity index is 2.74. The normalized spacial score (nSPS) is 39.4. The van der Waals surface area contributed by atoms with Crippen molar-refractivity contribution in [3.63, 3.8) is 0 Å². The second-order valence-corrected chi connectivity index (χ2v) is 4.66. The third-order valence-electron chi connectivity index (χ3n) is 3.80. The van der Waals surface area contributed by atoms with Crippen LogP contribution < -0.4 is 5.73 Å². The van der Waals surface area contributed by atoms with Gasteiger partial charge in [0.2, 0.25) is 0 Å². The molecule has 4 nitrogen and oxygen atoms in total. The van der Waals surface area contributed by atoms with Gasteiger partial charge >= 0.3 is 5.97 Å². The molecule has 1 heterocycles. The minimum atomic E-state index is -0.459. The molecule has 1 aliphatic heterocycles. The van der Waals surface area contributed by atoms with Crippen molar-refractivity contribution < 1.29 is 14.3 Å². The molecule has 0 aromatic rings. The Kier molecular flexibility index (Phi) is 4.74. The van der Waals surface area contributed by atoms with Gasteiger partial charge in [0.15, 0.2) is 6.10 Å². The van der Waals surface area contributed by atoms with Crippen LogP contribution in [0.5, 0.6) is 0 Å². The van der Waals surface area contributed by atoms with E-state index in [0.29, 0.717) is 25.0 Å². The summed E-state index contributed by atoms with van der Waals surface area (Å²) in [5.74, 6) is 0.714. The van der Waals surface area contributed by atoms with E-state index >= 15 is 0 Å². The summed E-state index contributed by atoms with van der Waals surface area (Å²) in [6, 6.07) is 0. The van der Waals surface area contributed by atoms with Crippen molar-refractivity contribution in [2.45, 2.75) is 39.9 Å². The summed E-state index contributed by atoms with van der Waals surface area (Å²) >= 11 is 0. The number of esters is 1. The molecule has 1 aliphatic rings. The molecule has 2 N–H and O–H groups in total. The summed E-state index contributed by atoms with van der Waals surface area (Å²) in [7, 11) is 0. The van der Waals surface area contributed by atoms with Gasteiger partial charge in [-0.05, 0) is 24.7 Å². The number of carbonyl (C=O) groups is 1. The Morgan fingerprint density at radius 1 is 1.25 bits per heavy atom. The average molecular weight is 229 g/mol. The first-order valence-corrected chi connectivity index (χ1v) is 6.05. The van der Waals surface area contributed by atoms with Crippen molar-refractivity contribution >= 4 is 5.97 Å². The zero-order chi connectivity index (χ0) is 12.3. The number of carbonyl (C=O) groups excluding carboxylic acids is 1. The summed E-state index contributed by atoms with van der Waals surface area (Å²) in [4.78, 5) is 11.7. The van der Waals surface area contributed by atoms with E-state index < -0.39 is 6.10 Å². The molecule has 2 unspecified atom stereocenters. The molecule has 0 saturated carbocycles. The van der Waals surface area contributed by atoms with E-state index in [0.717, 1.165) is 0 Å². The van der Waals surface area contributed by atoms with E-state index in [-0.39, 0.29) is 18.0 Å². The van der Waals surface area contributed by atoms with Gasteiger partial charge in [-0.2, -0.15) is 0 Å². The fraction of sp³-hybridized carbons (Fsp3) is 0.917. The maximum absolute atomic E-state index is 11.7. The lowest BCUT2D eigenvalue weighted by Crippen LogP contribution is -2.51. The first-order valence-electron chi connectivity index (χ1n) is 6.05. The zero-order valence-corrected chi connectivity index (χ0v) is 10.6. The SMILES string of the molecule is CCOC(=O)C1OC(CN)[C@@H](C)[C@H](C)[C@H]1C. The number of hydrogen-bond donors (Lipinski definition) is 1. The topological polar surface area (TPSA) is 61.5 Å². The highest BCUT2D eigenvalue weighted by Gasteiger charge is 2.42. The third kappa shape index (κ3) is 2.55. The summed E-state index contributed by atoms with van der Waals surface area (Å²) in [6.45, 7) is 8.96. The van der Waals surface area contributed by atoms with Gasteiger partial charge in [0.1, 0.15) is 0 Å². The summed E-state index contributed by atoms with van der Waals surface area (Å²) < 4.78 is 10.8. The molecule has 0 aliphatic carbocycles. The molecule has 1 saturated heterocycles. The number of hydrogen-bond acceptors (Lipinski definition) is 4. The van der Waals surface area contributed by atoms with E-state index in [1.54, 1.807) is 6.92 Å². The van der Waals surface area contributed by atoms with E-state index in [1.807, 2.05) is 6.92 Å². The van der Waals surface area contributed by atoms with Crippen LogP contribution in [0.15, 0.2) is 0 Å². The van der Waals surface area contributed by atoms with Gasteiger partial charge in [-0.1, -0.05) is 20.8 Å². The predicted octanol–water partition coefficient (Wildman–Crippen LogP) is 1.18. The van der Waals surface area contributed by atoms with E-state index in [2.05, 4.69) is 13.8 Å². The van der Waals surface area contributed by atoms with Crippen molar-refractivity contribution in [2.75, 3.05) is 13.2 Å². The van der Waals surface area contributed by atoms with Crippen LogP contribution in [0.2, 0.25) is 0 Å². The Labute approximate surface area is 97.5 Å². The molecule has 1 rings (SSSR count). The standard InChI is InChI=1S/C12H23NO3/c1-5-15-12(14)11-9(4)7(2)8(3)10(6-13)16-11/h7-11H,5-6,13H2,1-4H3/t7-,8-,9+,10?,11?/m0/s1. The van der Waals surface area contributed by atoms with Crippen molar-refractivity contribution in [2.24, 2.45) is 23.5 Å². The highest BCUT2D eigenvalue weighted by atomic mass is 16.6. The Bertz CT molecular complexity index is 242. The van der Waals surface area contributed by atoms with Crippen LogP contribution in [0.25, 0.3) is 0 Å². The molecule has 0 radical (unpaired) electrons. The van der Waals surface area contributed by atoms with Gasteiger partial charge in [0.05, 0.1) is 12.7 Å². The Morgan fingerprint density at radius 2 is 1.88 bits per heavy atom. The van der Waals surface area contributed by atoms with E-state index in [9.17, 15) is 4.79 Å².